The van der Waals surface area contributed by atoms with E-state index >= 15 is 0 Å². The maximum Gasteiger partial charge on any atom is 0.122 e. The monoisotopic (exact) mass is 254 g/mol. The predicted octanol–water partition coefficient (Wildman–Crippen LogP) is 3.97. The summed E-state index contributed by atoms with van der Waals surface area (Å²) >= 11 is 3.46. The van der Waals surface area contributed by atoms with Crippen LogP contribution in [0.1, 0.15) is 18.9 Å². The van der Waals surface area contributed by atoms with E-state index in [0.29, 0.717) is 0 Å². The molecule has 0 saturated heterocycles. The summed E-state index contributed by atoms with van der Waals surface area (Å²) in [6.45, 7) is 2.04. The Kier molecular flexibility index (Phi) is 4.74. The maximum atomic E-state index is 5.29. The van der Waals surface area contributed by atoms with Gasteiger partial charge < -0.3 is 4.74 Å². The van der Waals surface area contributed by atoms with Gasteiger partial charge in [0.05, 0.1) is 7.11 Å². The summed E-state index contributed by atoms with van der Waals surface area (Å²) in [6.07, 6.45) is 6.32. The van der Waals surface area contributed by atoms with Crippen molar-refractivity contribution >= 4 is 15.9 Å². The molecular formula is C12H15BrO. The lowest BCUT2D eigenvalue weighted by molar-refractivity contribution is 0.409. The van der Waals surface area contributed by atoms with Gasteiger partial charge in [0.1, 0.15) is 5.75 Å². The van der Waals surface area contributed by atoms with Crippen LogP contribution in [-0.4, -0.2) is 7.11 Å². The van der Waals surface area contributed by atoms with Gasteiger partial charge >= 0.3 is 0 Å². The molecule has 0 aromatic heterocycles. The fraction of sp³-hybridized carbons (Fsp3) is 0.333. The van der Waals surface area contributed by atoms with Gasteiger partial charge in [-0.1, -0.05) is 28.1 Å². The SMILES string of the molecule is C/C=C\CCc1cc(Br)ccc1OC. The average molecular weight is 255 g/mol. The Hall–Kier alpha value is -0.760. The molecule has 0 fully saturated rings. The van der Waals surface area contributed by atoms with Crippen LogP contribution < -0.4 is 4.74 Å². The van der Waals surface area contributed by atoms with Crippen LogP contribution in [-0.2, 0) is 6.42 Å². The van der Waals surface area contributed by atoms with Gasteiger partial charge in [-0.05, 0) is 43.5 Å². The molecule has 0 aliphatic carbocycles. The second-order valence-electron chi connectivity index (χ2n) is 3.06. The number of hydrogen-bond acceptors (Lipinski definition) is 1. The van der Waals surface area contributed by atoms with Crippen LogP contribution in [0.25, 0.3) is 0 Å². The number of hydrogen-bond donors (Lipinski definition) is 0. The van der Waals surface area contributed by atoms with Crippen molar-refractivity contribution in [1.29, 1.82) is 0 Å². The predicted molar refractivity (Wildman–Crippen MR) is 63.8 cm³/mol. The Balaban J connectivity index is 2.76. The zero-order valence-corrected chi connectivity index (χ0v) is 10.2. The molecule has 0 N–H and O–H groups in total. The number of aryl methyl sites for hydroxylation is 1. The van der Waals surface area contributed by atoms with Gasteiger partial charge in [0.15, 0.2) is 0 Å². The lowest BCUT2D eigenvalue weighted by Gasteiger charge is -2.07. The molecular weight excluding hydrogens is 240 g/mol. The van der Waals surface area contributed by atoms with E-state index in [1.165, 1.54) is 5.56 Å². The first-order valence-corrected chi connectivity index (χ1v) is 5.50. The van der Waals surface area contributed by atoms with E-state index < -0.39 is 0 Å². The highest BCUT2D eigenvalue weighted by molar-refractivity contribution is 9.10. The number of ether oxygens (including phenoxy) is 1. The standard InChI is InChI=1S/C12H15BrO/c1-3-4-5-6-10-9-11(13)7-8-12(10)14-2/h3-4,7-9H,5-6H2,1-2H3/b4-3-. The molecule has 0 aliphatic heterocycles. The molecule has 14 heavy (non-hydrogen) atoms. The average Bonchev–Trinajstić information content (AvgIpc) is 2.19. The minimum Gasteiger partial charge on any atom is -0.496 e. The Morgan fingerprint density at radius 1 is 1.43 bits per heavy atom. The Bertz CT molecular complexity index is 318. The van der Waals surface area contributed by atoms with Crippen LogP contribution in [0.4, 0.5) is 0 Å². The Morgan fingerprint density at radius 3 is 2.86 bits per heavy atom. The summed E-state index contributed by atoms with van der Waals surface area (Å²) in [5.74, 6) is 0.970. The first kappa shape index (κ1) is 11.3. The highest BCUT2D eigenvalue weighted by Gasteiger charge is 2.01. The van der Waals surface area contributed by atoms with Crippen LogP contribution in [0, 0.1) is 0 Å². The van der Waals surface area contributed by atoms with Crippen LogP contribution in [0.3, 0.4) is 0 Å². The van der Waals surface area contributed by atoms with Crippen LogP contribution in [0.15, 0.2) is 34.8 Å². The van der Waals surface area contributed by atoms with Crippen molar-refractivity contribution in [2.75, 3.05) is 7.11 Å². The van der Waals surface area contributed by atoms with Gasteiger partial charge in [-0.25, -0.2) is 0 Å². The number of allylic oxidation sites excluding steroid dienone is 2. The van der Waals surface area contributed by atoms with Crippen molar-refractivity contribution in [1.82, 2.24) is 0 Å². The third-order valence-electron chi connectivity index (χ3n) is 2.06. The minimum absolute atomic E-state index is 0.970. The molecule has 0 heterocycles. The molecule has 2 heteroatoms. The van der Waals surface area contributed by atoms with E-state index in [9.17, 15) is 0 Å². The zero-order valence-electron chi connectivity index (χ0n) is 8.59. The number of halogens is 1. The van der Waals surface area contributed by atoms with Crippen molar-refractivity contribution in [3.8, 4) is 5.75 Å². The van der Waals surface area contributed by atoms with E-state index in [-0.39, 0.29) is 0 Å². The van der Waals surface area contributed by atoms with Crippen LogP contribution in [0.2, 0.25) is 0 Å². The second-order valence-corrected chi connectivity index (χ2v) is 3.98. The minimum atomic E-state index is 0.970. The molecule has 1 aromatic rings. The van der Waals surface area contributed by atoms with Crippen molar-refractivity contribution < 1.29 is 4.74 Å². The van der Waals surface area contributed by atoms with Crippen molar-refractivity contribution in [2.45, 2.75) is 19.8 Å². The summed E-state index contributed by atoms with van der Waals surface area (Å²) in [5.41, 5.74) is 1.25. The quantitative estimate of drug-likeness (QED) is 0.740. The van der Waals surface area contributed by atoms with Gasteiger partial charge in [0, 0.05) is 4.47 Å². The van der Waals surface area contributed by atoms with Gasteiger partial charge in [-0.2, -0.15) is 0 Å². The summed E-state index contributed by atoms with van der Waals surface area (Å²) in [4.78, 5) is 0. The fourth-order valence-corrected chi connectivity index (χ4v) is 1.76. The van der Waals surface area contributed by atoms with Gasteiger partial charge in [-0.3, -0.25) is 0 Å². The molecule has 1 nitrogen and oxygen atoms in total. The number of rotatable bonds is 4. The Labute approximate surface area is 93.9 Å². The lowest BCUT2D eigenvalue weighted by Crippen LogP contribution is -1.91. The molecule has 1 aromatic carbocycles. The molecule has 76 valence electrons. The molecule has 0 spiro atoms. The van der Waals surface area contributed by atoms with Crippen molar-refractivity contribution in [3.05, 3.63) is 40.4 Å². The number of benzene rings is 1. The zero-order chi connectivity index (χ0) is 10.4. The van der Waals surface area contributed by atoms with Crippen LogP contribution in [0.5, 0.6) is 5.75 Å². The summed E-state index contributed by atoms with van der Waals surface area (Å²) < 4.78 is 6.39. The smallest absolute Gasteiger partial charge is 0.122 e. The van der Waals surface area contributed by atoms with E-state index in [2.05, 4.69) is 34.1 Å². The maximum absolute atomic E-state index is 5.29. The van der Waals surface area contributed by atoms with Gasteiger partial charge in [0.2, 0.25) is 0 Å². The highest BCUT2D eigenvalue weighted by Crippen LogP contribution is 2.24. The second kappa shape index (κ2) is 5.86. The van der Waals surface area contributed by atoms with Gasteiger partial charge in [0.25, 0.3) is 0 Å². The first-order valence-electron chi connectivity index (χ1n) is 4.71. The van der Waals surface area contributed by atoms with Crippen LogP contribution >= 0.6 is 15.9 Å². The molecule has 0 amide bonds. The summed E-state index contributed by atoms with van der Waals surface area (Å²) in [5, 5.41) is 0. The fourth-order valence-electron chi connectivity index (χ4n) is 1.35. The molecule has 1 rings (SSSR count). The van der Waals surface area contributed by atoms with E-state index in [1.807, 2.05) is 19.1 Å². The third kappa shape index (κ3) is 3.18. The molecule has 0 saturated carbocycles. The van der Waals surface area contributed by atoms with Crippen molar-refractivity contribution in [3.63, 3.8) is 0 Å². The third-order valence-corrected chi connectivity index (χ3v) is 2.55. The van der Waals surface area contributed by atoms with E-state index in [0.717, 1.165) is 23.1 Å². The largest absolute Gasteiger partial charge is 0.496 e. The molecule has 0 aliphatic rings. The summed E-state index contributed by atoms with van der Waals surface area (Å²) in [7, 11) is 1.71. The first-order chi connectivity index (χ1) is 6.77. The van der Waals surface area contributed by atoms with E-state index in [1.54, 1.807) is 7.11 Å². The molecule has 0 radical (unpaired) electrons. The van der Waals surface area contributed by atoms with E-state index in [4.69, 9.17) is 4.74 Å². The number of methoxy groups -OCH3 is 1. The van der Waals surface area contributed by atoms with Gasteiger partial charge in [-0.15, -0.1) is 0 Å². The summed E-state index contributed by atoms with van der Waals surface area (Å²) in [6, 6.07) is 6.11. The molecule has 0 atom stereocenters. The molecule has 0 unspecified atom stereocenters. The molecule has 0 bridgehead atoms. The van der Waals surface area contributed by atoms with Crippen molar-refractivity contribution in [2.24, 2.45) is 0 Å². The Morgan fingerprint density at radius 2 is 2.21 bits per heavy atom. The topological polar surface area (TPSA) is 9.23 Å². The lowest BCUT2D eigenvalue weighted by atomic mass is 10.1. The highest BCUT2D eigenvalue weighted by atomic mass is 79.9. The normalized spacial score (nSPS) is 10.8.